The minimum Gasteiger partial charge on any atom is -0.340 e. The van der Waals surface area contributed by atoms with Gasteiger partial charge in [-0.3, -0.25) is 4.79 Å². The van der Waals surface area contributed by atoms with E-state index in [4.69, 9.17) is 5.26 Å². The number of hydrogen-bond donors (Lipinski definition) is 1. The molecule has 0 radical (unpaired) electrons. The van der Waals surface area contributed by atoms with E-state index in [2.05, 4.69) is 15.0 Å². The molecule has 3 heterocycles. The van der Waals surface area contributed by atoms with Crippen LogP contribution in [0.1, 0.15) is 47.2 Å². The third-order valence-electron chi connectivity index (χ3n) is 4.67. The third kappa shape index (κ3) is 2.90. The number of carbonyl (C=O) groups excluding carboxylic acids is 1. The van der Waals surface area contributed by atoms with Crippen molar-refractivity contribution in [2.45, 2.75) is 25.3 Å². The van der Waals surface area contributed by atoms with Crippen molar-refractivity contribution in [3.63, 3.8) is 0 Å². The van der Waals surface area contributed by atoms with E-state index in [1.54, 1.807) is 17.0 Å². The summed E-state index contributed by atoms with van der Waals surface area (Å²) >= 11 is 0. The van der Waals surface area contributed by atoms with Crippen LogP contribution in [0.2, 0.25) is 0 Å². The number of amides is 1. The number of carbonyl (C=O) groups is 1. The number of piperidine rings is 1. The van der Waals surface area contributed by atoms with Crippen LogP contribution in [0, 0.1) is 17.1 Å². The molecular weight excluding hydrogens is 333 g/mol. The summed E-state index contributed by atoms with van der Waals surface area (Å²) in [4.78, 5) is 26.4. The van der Waals surface area contributed by atoms with Gasteiger partial charge >= 0.3 is 0 Å². The SMILES string of the molecule is N#Cc1ccc(C(=O)N2CCCC[C@H]2c2nc3ccc(F)cc3[nH]2)cn1. The van der Waals surface area contributed by atoms with E-state index in [0.717, 1.165) is 19.3 Å². The lowest BCUT2D eigenvalue weighted by atomic mass is 10.0. The summed E-state index contributed by atoms with van der Waals surface area (Å²) in [6, 6.07) is 9.32. The van der Waals surface area contributed by atoms with Crippen LogP contribution in [-0.2, 0) is 0 Å². The van der Waals surface area contributed by atoms with Crippen molar-refractivity contribution in [3.8, 4) is 6.07 Å². The number of imidazole rings is 1. The molecule has 0 unspecified atom stereocenters. The Kier molecular flexibility index (Phi) is 4.09. The van der Waals surface area contributed by atoms with E-state index < -0.39 is 0 Å². The first-order valence-electron chi connectivity index (χ1n) is 8.48. The fourth-order valence-corrected chi connectivity index (χ4v) is 3.37. The highest BCUT2D eigenvalue weighted by atomic mass is 19.1. The van der Waals surface area contributed by atoms with Crippen molar-refractivity contribution in [1.29, 1.82) is 5.26 Å². The second-order valence-electron chi connectivity index (χ2n) is 6.34. The zero-order valence-corrected chi connectivity index (χ0v) is 13.9. The minimum atomic E-state index is -0.326. The Balaban J connectivity index is 1.66. The molecule has 130 valence electrons. The first kappa shape index (κ1) is 16.2. The van der Waals surface area contributed by atoms with Gasteiger partial charge in [-0.15, -0.1) is 0 Å². The molecule has 6 nitrogen and oxygen atoms in total. The summed E-state index contributed by atoms with van der Waals surface area (Å²) in [6.07, 6.45) is 4.13. The number of aromatic nitrogens is 3. The predicted molar refractivity (Wildman–Crippen MR) is 92.6 cm³/mol. The number of halogens is 1. The highest BCUT2D eigenvalue weighted by Crippen LogP contribution is 2.31. The molecule has 0 saturated carbocycles. The van der Waals surface area contributed by atoms with Crippen LogP contribution >= 0.6 is 0 Å². The van der Waals surface area contributed by atoms with Gasteiger partial charge in [-0.1, -0.05) is 0 Å². The molecule has 1 aliphatic heterocycles. The van der Waals surface area contributed by atoms with Crippen LogP contribution in [0.3, 0.4) is 0 Å². The Bertz CT molecular complexity index is 1000. The first-order valence-corrected chi connectivity index (χ1v) is 8.48. The topological polar surface area (TPSA) is 85.7 Å². The molecule has 2 aromatic heterocycles. The first-order chi connectivity index (χ1) is 12.7. The number of aromatic amines is 1. The summed E-state index contributed by atoms with van der Waals surface area (Å²) < 4.78 is 13.4. The standard InChI is InChI=1S/C19H16FN5O/c20-13-5-7-15-16(9-13)24-18(23-15)17-3-1-2-8-25(17)19(26)12-4-6-14(10-21)22-11-12/h4-7,9,11,17H,1-3,8H2,(H,23,24)/t17-/m0/s1. The zero-order chi connectivity index (χ0) is 18.1. The molecule has 1 aliphatic rings. The molecule has 1 atom stereocenters. The maximum Gasteiger partial charge on any atom is 0.256 e. The van der Waals surface area contributed by atoms with Gasteiger partial charge in [0.1, 0.15) is 23.4 Å². The molecule has 7 heteroatoms. The van der Waals surface area contributed by atoms with Gasteiger partial charge in [0, 0.05) is 12.7 Å². The van der Waals surface area contributed by atoms with Crippen LogP contribution in [-0.4, -0.2) is 32.3 Å². The van der Waals surface area contributed by atoms with Crippen LogP contribution in [0.15, 0.2) is 36.5 Å². The molecule has 3 aromatic rings. The van der Waals surface area contributed by atoms with Gasteiger partial charge in [-0.05, 0) is 49.6 Å². The summed E-state index contributed by atoms with van der Waals surface area (Å²) in [6.45, 7) is 0.620. The third-order valence-corrected chi connectivity index (χ3v) is 4.67. The Morgan fingerprint density at radius 2 is 2.19 bits per heavy atom. The molecule has 4 rings (SSSR count). The van der Waals surface area contributed by atoms with Crippen LogP contribution in [0.5, 0.6) is 0 Å². The van der Waals surface area contributed by atoms with E-state index in [0.29, 0.717) is 29.0 Å². The Labute approximate surface area is 149 Å². The van der Waals surface area contributed by atoms with Crippen molar-refractivity contribution >= 4 is 16.9 Å². The van der Waals surface area contributed by atoms with Crippen molar-refractivity contribution in [2.24, 2.45) is 0 Å². The summed E-state index contributed by atoms with van der Waals surface area (Å²) in [5, 5.41) is 8.85. The molecule has 1 fully saturated rings. The average molecular weight is 349 g/mol. The lowest BCUT2D eigenvalue weighted by molar-refractivity contribution is 0.0601. The number of likely N-dealkylation sites (tertiary alicyclic amines) is 1. The molecular formula is C19H16FN5O. The van der Waals surface area contributed by atoms with Gasteiger partial charge in [0.15, 0.2) is 0 Å². The normalized spacial score (nSPS) is 17.2. The Morgan fingerprint density at radius 1 is 1.31 bits per heavy atom. The maximum atomic E-state index is 13.4. The largest absolute Gasteiger partial charge is 0.340 e. The number of nitrogens with zero attached hydrogens (tertiary/aromatic N) is 4. The average Bonchev–Trinajstić information content (AvgIpc) is 3.10. The maximum absolute atomic E-state index is 13.4. The number of H-pyrrole nitrogens is 1. The smallest absolute Gasteiger partial charge is 0.256 e. The lowest BCUT2D eigenvalue weighted by Crippen LogP contribution is -2.39. The lowest BCUT2D eigenvalue weighted by Gasteiger charge is -2.34. The summed E-state index contributed by atoms with van der Waals surface area (Å²) in [7, 11) is 0. The van der Waals surface area contributed by atoms with Gasteiger partial charge in [-0.2, -0.15) is 5.26 Å². The van der Waals surface area contributed by atoms with Gasteiger partial charge in [0.25, 0.3) is 5.91 Å². The summed E-state index contributed by atoms with van der Waals surface area (Å²) in [5.41, 5.74) is 2.02. The molecule has 26 heavy (non-hydrogen) atoms. The van der Waals surface area contributed by atoms with Gasteiger partial charge in [-0.25, -0.2) is 14.4 Å². The summed E-state index contributed by atoms with van der Waals surface area (Å²) in [5.74, 6) is 0.200. The quantitative estimate of drug-likeness (QED) is 0.769. The van der Waals surface area contributed by atoms with Crippen LogP contribution in [0.25, 0.3) is 11.0 Å². The highest BCUT2D eigenvalue weighted by Gasteiger charge is 2.31. The van der Waals surface area contributed by atoms with E-state index in [1.807, 2.05) is 6.07 Å². The Hall–Kier alpha value is -3.27. The van der Waals surface area contributed by atoms with Crippen LogP contribution in [0.4, 0.5) is 4.39 Å². The number of hydrogen-bond acceptors (Lipinski definition) is 4. The highest BCUT2D eigenvalue weighted by molar-refractivity contribution is 5.94. The number of fused-ring (bicyclic) bond motifs is 1. The van der Waals surface area contributed by atoms with E-state index in [1.165, 1.54) is 24.4 Å². The molecule has 1 aromatic carbocycles. The van der Waals surface area contributed by atoms with E-state index >= 15 is 0 Å². The number of rotatable bonds is 2. The van der Waals surface area contributed by atoms with Gasteiger partial charge < -0.3 is 9.88 Å². The van der Waals surface area contributed by atoms with Gasteiger partial charge in [0.05, 0.1) is 22.6 Å². The molecule has 0 aliphatic carbocycles. The fraction of sp³-hybridized carbons (Fsp3) is 0.263. The van der Waals surface area contributed by atoms with E-state index in [-0.39, 0.29) is 23.5 Å². The molecule has 0 bridgehead atoms. The predicted octanol–water partition coefficient (Wildman–Crippen LogP) is 3.34. The molecule has 1 saturated heterocycles. The van der Waals surface area contributed by atoms with Crippen molar-refractivity contribution in [1.82, 2.24) is 19.9 Å². The van der Waals surface area contributed by atoms with Crippen molar-refractivity contribution < 1.29 is 9.18 Å². The number of benzene rings is 1. The van der Waals surface area contributed by atoms with Crippen molar-refractivity contribution in [3.05, 3.63) is 59.4 Å². The van der Waals surface area contributed by atoms with Crippen molar-refractivity contribution in [2.75, 3.05) is 6.54 Å². The second kappa shape index (κ2) is 6.56. The zero-order valence-electron chi connectivity index (χ0n) is 13.9. The Morgan fingerprint density at radius 3 is 2.96 bits per heavy atom. The molecule has 1 amide bonds. The number of nitrogens with one attached hydrogen (secondary N) is 1. The van der Waals surface area contributed by atoms with E-state index in [9.17, 15) is 9.18 Å². The number of nitriles is 1. The molecule has 1 N–H and O–H groups in total. The number of pyridine rings is 1. The fourth-order valence-electron chi connectivity index (χ4n) is 3.37. The minimum absolute atomic E-state index is 0.140. The molecule has 0 spiro atoms. The second-order valence-corrected chi connectivity index (χ2v) is 6.34. The van der Waals surface area contributed by atoms with Gasteiger partial charge in [0.2, 0.25) is 0 Å². The monoisotopic (exact) mass is 349 g/mol. The van der Waals surface area contributed by atoms with Crippen LogP contribution < -0.4 is 0 Å².